The zero-order valence-electron chi connectivity index (χ0n) is 18.2. The summed E-state index contributed by atoms with van der Waals surface area (Å²) in [5.41, 5.74) is 0.787. The van der Waals surface area contributed by atoms with Crippen LogP contribution in [0.1, 0.15) is 27.2 Å². The number of hydrogen-bond acceptors (Lipinski definition) is 7. The number of carbonyl (C=O) groups excluding carboxylic acids is 1. The van der Waals surface area contributed by atoms with Gasteiger partial charge in [0.15, 0.2) is 5.16 Å². The number of amides is 1. The van der Waals surface area contributed by atoms with Crippen LogP contribution in [0.15, 0.2) is 22.2 Å². The number of piperidine rings is 1. The van der Waals surface area contributed by atoms with Crippen LogP contribution in [0.4, 0.5) is 10.5 Å². The van der Waals surface area contributed by atoms with Crippen molar-refractivity contribution in [2.75, 3.05) is 37.3 Å². The standard InChI is InChI=1S/C21H29N5O3S/c1-21(2,3)29-20(28)26-10-13-6-7-25(11-15(13)12-26)16-8-14-9-22-19(30-5)23-17(14)24(4)18(16)27/h8-9,13,15H,6-7,10-12H2,1-5H3/t13?,15-/m1/s1. The van der Waals surface area contributed by atoms with Gasteiger partial charge in [-0.05, 0) is 51.3 Å². The van der Waals surface area contributed by atoms with E-state index in [1.54, 1.807) is 17.8 Å². The molecular weight excluding hydrogens is 402 g/mol. The summed E-state index contributed by atoms with van der Waals surface area (Å²) in [5.74, 6) is 0.785. The van der Waals surface area contributed by atoms with Gasteiger partial charge in [0.2, 0.25) is 0 Å². The molecule has 1 unspecified atom stereocenters. The lowest BCUT2D eigenvalue weighted by atomic mass is 9.88. The highest BCUT2D eigenvalue weighted by atomic mass is 32.2. The van der Waals surface area contributed by atoms with E-state index in [1.807, 2.05) is 38.0 Å². The summed E-state index contributed by atoms with van der Waals surface area (Å²) < 4.78 is 7.16. The van der Waals surface area contributed by atoms with Gasteiger partial charge in [0.25, 0.3) is 5.56 Å². The maximum atomic E-state index is 13.1. The molecule has 0 aromatic carbocycles. The van der Waals surface area contributed by atoms with E-state index in [2.05, 4.69) is 14.9 Å². The van der Waals surface area contributed by atoms with E-state index in [0.717, 1.165) is 31.4 Å². The van der Waals surface area contributed by atoms with Gasteiger partial charge in [-0.25, -0.2) is 14.8 Å². The molecule has 0 bridgehead atoms. The summed E-state index contributed by atoms with van der Waals surface area (Å²) in [4.78, 5) is 38.4. The van der Waals surface area contributed by atoms with Crippen LogP contribution in [0.25, 0.3) is 11.0 Å². The summed E-state index contributed by atoms with van der Waals surface area (Å²) in [7, 11) is 1.76. The fourth-order valence-corrected chi connectivity index (χ4v) is 4.74. The molecule has 0 N–H and O–H groups in total. The molecule has 2 aliphatic rings. The normalized spacial score (nSPS) is 21.8. The van der Waals surface area contributed by atoms with Gasteiger partial charge >= 0.3 is 6.09 Å². The molecule has 4 rings (SSSR count). The van der Waals surface area contributed by atoms with Gasteiger partial charge in [0.05, 0.1) is 0 Å². The molecular formula is C21H29N5O3S. The highest BCUT2D eigenvalue weighted by Crippen LogP contribution is 2.33. The zero-order valence-corrected chi connectivity index (χ0v) is 19.0. The lowest BCUT2D eigenvalue weighted by Gasteiger charge is -2.35. The molecule has 8 nitrogen and oxygen atoms in total. The number of thioether (sulfide) groups is 1. The number of nitrogens with zero attached hydrogens (tertiary/aromatic N) is 5. The fraction of sp³-hybridized carbons (Fsp3) is 0.619. The number of fused-ring (bicyclic) bond motifs is 2. The van der Waals surface area contributed by atoms with Crippen molar-refractivity contribution in [1.29, 1.82) is 0 Å². The van der Waals surface area contributed by atoms with E-state index in [9.17, 15) is 9.59 Å². The number of ether oxygens (including phenoxy) is 1. The molecule has 30 heavy (non-hydrogen) atoms. The summed E-state index contributed by atoms with van der Waals surface area (Å²) in [6.07, 6.45) is 4.41. The number of aryl methyl sites for hydroxylation is 1. The summed E-state index contributed by atoms with van der Waals surface area (Å²) in [6, 6.07) is 1.91. The van der Waals surface area contributed by atoms with Crippen LogP contribution in [0, 0.1) is 11.8 Å². The van der Waals surface area contributed by atoms with Gasteiger partial charge in [0.1, 0.15) is 16.9 Å². The van der Waals surface area contributed by atoms with E-state index in [4.69, 9.17) is 4.74 Å². The van der Waals surface area contributed by atoms with Crippen molar-refractivity contribution in [3.63, 3.8) is 0 Å². The third-order valence-electron chi connectivity index (χ3n) is 5.88. The maximum absolute atomic E-state index is 13.1. The van der Waals surface area contributed by atoms with Crippen LogP contribution < -0.4 is 10.5 Å². The zero-order chi connectivity index (χ0) is 21.6. The lowest BCUT2D eigenvalue weighted by Crippen LogP contribution is -2.43. The van der Waals surface area contributed by atoms with Crippen LogP contribution >= 0.6 is 11.8 Å². The molecule has 0 spiro atoms. The Morgan fingerprint density at radius 2 is 1.97 bits per heavy atom. The minimum atomic E-state index is -0.494. The third kappa shape index (κ3) is 3.99. The Labute approximate surface area is 180 Å². The van der Waals surface area contributed by atoms with Gasteiger partial charge < -0.3 is 14.5 Å². The number of hydrogen-bond donors (Lipinski definition) is 0. The molecule has 2 fully saturated rings. The summed E-state index contributed by atoms with van der Waals surface area (Å²) in [5, 5.41) is 1.51. The first-order chi connectivity index (χ1) is 14.2. The second-order valence-electron chi connectivity index (χ2n) is 9.17. The molecule has 0 radical (unpaired) electrons. The molecule has 9 heteroatoms. The minimum absolute atomic E-state index is 0.0475. The second kappa shape index (κ2) is 7.76. The van der Waals surface area contributed by atoms with Crippen molar-refractivity contribution >= 4 is 34.6 Å². The molecule has 2 atom stereocenters. The summed E-state index contributed by atoms with van der Waals surface area (Å²) >= 11 is 1.46. The first-order valence-electron chi connectivity index (χ1n) is 10.3. The van der Waals surface area contributed by atoms with Crippen LogP contribution in [-0.4, -0.2) is 63.6 Å². The van der Waals surface area contributed by atoms with Gasteiger partial charge in [-0.1, -0.05) is 11.8 Å². The molecule has 1 amide bonds. The predicted molar refractivity (Wildman–Crippen MR) is 118 cm³/mol. The quantitative estimate of drug-likeness (QED) is 0.534. The lowest BCUT2D eigenvalue weighted by molar-refractivity contribution is 0.0285. The monoisotopic (exact) mass is 431 g/mol. The van der Waals surface area contributed by atoms with Crippen molar-refractivity contribution in [3.8, 4) is 0 Å². The Balaban J connectivity index is 1.55. The number of anilines is 1. The topological polar surface area (TPSA) is 80.6 Å². The predicted octanol–water partition coefficient (Wildman–Crippen LogP) is 2.74. The first-order valence-corrected chi connectivity index (χ1v) is 11.5. The van der Waals surface area contributed by atoms with E-state index in [1.165, 1.54) is 11.8 Å². The van der Waals surface area contributed by atoms with Crippen molar-refractivity contribution in [1.82, 2.24) is 19.4 Å². The molecule has 0 saturated carbocycles. The van der Waals surface area contributed by atoms with Crippen LogP contribution in [-0.2, 0) is 11.8 Å². The van der Waals surface area contributed by atoms with E-state index in [-0.39, 0.29) is 11.7 Å². The SMILES string of the molecule is CSc1ncc2cc(N3CCC4CN(C(=O)OC(C)(C)C)C[C@H]4C3)c(=O)n(C)c2n1. The molecule has 2 aromatic rings. The fourth-order valence-electron chi connectivity index (χ4n) is 4.40. The summed E-state index contributed by atoms with van der Waals surface area (Å²) in [6.45, 7) is 8.62. The smallest absolute Gasteiger partial charge is 0.410 e. The Kier molecular flexibility index (Phi) is 5.42. The molecule has 2 aliphatic heterocycles. The number of aromatic nitrogens is 3. The Morgan fingerprint density at radius 1 is 1.23 bits per heavy atom. The molecule has 2 aromatic heterocycles. The average molecular weight is 432 g/mol. The van der Waals surface area contributed by atoms with Gasteiger partial charge in [-0.15, -0.1) is 0 Å². The average Bonchev–Trinajstić information content (AvgIpc) is 3.12. The van der Waals surface area contributed by atoms with Gasteiger partial charge in [-0.3, -0.25) is 9.36 Å². The van der Waals surface area contributed by atoms with Gasteiger partial charge in [0, 0.05) is 44.8 Å². The van der Waals surface area contributed by atoms with Crippen LogP contribution in [0.5, 0.6) is 0 Å². The minimum Gasteiger partial charge on any atom is -0.444 e. The van der Waals surface area contributed by atoms with E-state index in [0.29, 0.717) is 34.9 Å². The van der Waals surface area contributed by atoms with Crippen molar-refractivity contribution in [3.05, 3.63) is 22.6 Å². The highest BCUT2D eigenvalue weighted by Gasteiger charge is 2.40. The molecule has 0 aliphatic carbocycles. The number of likely N-dealkylation sites (tertiary alicyclic amines) is 1. The maximum Gasteiger partial charge on any atom is 0.410 e. The molecule has 2 saturated heterocycles. The number of rotatable bonds is 2. The van der Waals surface area contributed by atoms with E-state index < -0.39 is 5.60 Å². The van der Waals surface area contributed by atoms with Crippen molar-refractivity contribution < 1.29 is 9.53 Å². The Bertz CT molecular complexity index is 1030. The molecule has 4 heterocycles. The van der Waals surface area contributed by atoms with E-state index >= 15 is 0 Å². The molecule has 162 valence electrons. The highest BCUT2D eigenvalue weighted by molar-refractivity contribution is 7.98. The van der Waals surface area contributed by atoms with Gasteiger partial charge in [-0.2, -0.15) is 0 Å². The Hall–Kier alpha value is -2.29. The second-order valence-corrected chi connectivity index (χ2v) is 9.94. The largest absolute Gasteiger partial charge is 0.444 e. The van der Waals surface area contributed by atoms with Crippen molar-refractivity contribution in [2.24, 2.45) is 18.9 Å². The first kappa shape index (κ1) is 21.0. The number of pyridine rings is 1. The third-order valence-corrected chi connectivity index (χ3v) is 6.45. The van der Waals surface area contributed by atoms with Crippen LogP contribution in [0.2, 0.25) is 0 Å². The number of carbonyl (C=O) groups is 1. The Morgan fingerprint density at radius 3 is 2.67 bits per heavy atom. The van der Waals surface area contributed by atoms with Crippen LogP contribution in [0.3, 0.4) is 0 Å². The van der Waals surface area contributed by atoms with Crippen molar-refractivity contribution in [2.45, 2.75) is 37.9 Å².